The Labute approximate surface area is 106 Å². The molecule has 1 rings (SSSR count). The molecule has 18 heavy (non-hydrogen) atoms. The van der Waals surface area contributed by atoms with Crippen molar-refractivity contribution in [2.45, 2.75) is 51.6 Å². The predicted molar refractivity (Wildman–Crippen MR) is 64.7 cm³/mol. The van der Waals surface area contributed by atoms with E-state index in [9.17, 15) is 18.3 Å². The van der Waals surface area contributed by atoms with Crippen LogP contribution in [0, 0.1) is 17.5 Å². The number of benzene rings is 1. The maximum absolute atomic E-state index is 13.0. The lowest BCUT2D eigenvalue weighted by Crippen LogP contribution is -2.01. The molecule has 1 atom stereocenters. The Morgan fingerprint density at radius 2 is 1.56 bits per heavy atom. The zero-order valence-electron chi connectivity index (χ0n) is 10.6. The zero-order valence-corrected chi connectivity index (χ0v) is 10.6. The van der Waals surface area contributed by atoms with E-state index >= 15 is 0 Å². The molecule has 0 amide bonds. The Balaban J connectivity index is 2.49. The number of hydrogen-bond acceptors (Lipinski definition) is 1. The largest absolute Gasteiger partial charge is 0.388 e. The van der Waals surface area contributed by atoms with Crippen LogP contribution in [0.3, 0.4) is 0 Å². The molecule has 1 aromatic rings. The summed E-state index contributed by atoms with van der Waals surface area (Å²) in [6.45, 7) is 2.11. The first-order chi connectivity index (χ1) is 8.56. The molecule has 0 heterocycles. The van der Waals surface area contributed by atoms with Crippen LogP contribution in [0.1, 0.15) is 57.1 Å². The highest BCUT2D eigenvalue weighted by Crippen LogP contribution is 2.23. The summed E-state index contributed by atoms with van der Waals surface area (Å²) in [6.07, 6.45) is 4.66. The van der Waals surface area contributed by atoms with Crippen molar-refractivity contribution in [3.05, 3.63) is 35.1 Å². The van der Waals surface area contributed by atoms with Crippen molar-refractivity contribution in [1.29, 1.82) is 0 Å². The van der Waals surface area contributed by atoms with Gasteiger partial charge in [0.05, 0.1) is 6.10 Å². The topological polar surface area (TPSA) is 20.2 Å². The first-order valence-electron chi connectivity index (χ1n) is 6.38. The Morgan fingerprint density at radius 3 is 2.11 bits per heavy atom. The van der Waals surface area contributed by atoms with Crippen molar-refractivity contribution in [2.75, 3.05) is 0 Å². The third-order valence-corrected chi connectivity index (χ3v) is 2.97. The summed E-state index contributed by atoms with van der Waals surface area (Å²) in [4.78, 5) is 0. The second-order valence-electron chi connectivity index (χ2n) is 4.52. The Morgan fingerprint density at radius 1 is 1.00 bits per heavy atom. The van der Waals surface area contributed by atoms with Gasteiger partial charge < -0.3 is 5.11 Å². The minimum absolute atomic E-state index is 0.0990. The van der Waals surface area contributed by atoms with Crippen LogP contribution in [0.5, 0.6) is 0 Å². The van der Waals surface area contributed by atoms with Crippen LogP contribution in [0.15, 0.2) is 12.1 Å². The zero-order chi connectivity index (χ0) is 13.5. The second kappa shape index (κ2) is 7.41. The van der Waals surface area contributed by atoms with Gasteiger partial charge >= 0.3 is 0 Å². The van der Waals surface area contributed by atoms with Gasteiger partial charge in [0.1, 0.15) is 0 Å². The van der Waals surface area contributed by atoms with Crippen molar-refractivity contribution in [1.82, 2.24) is 0 Å². The summed E-state index contributed by atoms with van der Waals surface area (Å²) in [5, 5.41) is 9.76. The van der Waals surface area contributed by atoms with Crippen molar-refractivity contribution in [3.8, 4) is 0 Å². The molecule has 1 nitrogen and oxygen atoms in total. The first-order valence-corrected chi connectivity index (χ1v) is 6.38. The van der Waals surface area contributed by atoms with Crippen LogP contribution in [0.4, 0.5) is 13.2 Å². The van der Waals surface area contributed by atoms with E-state index in [0.717, 1.165) is 44.2 Å². The van der Waals surface area contributed by atoms with Crippen LogP contribution in [0.25, 0.3) is 0 Å². The third-order valence-electron chi connectivity index (χ3n) is 2.97. The SMILES string of the molecule is CCCCCCCC(O)c1cc(F)c(F)c(F)c1. The average molecular weight is 260 g/mol. The normalized spacial score (nSPS) is 12.7. The standard InChI is InChI=1S/C14H19F3O/c1-2-3-4-5-6-7-13(18)10-8-11(15)14(17)12(16)9-10/h8-9,13,18H,2-7H2,1H3. The fourth-order valence-corrected chi connectivity index (χ4v) is 1.88. The van der Waals surface area contributed by atoms with Gasteiger partial charge in [0.2, 0.25) is 0 Å². The predicted octanol–water partition coefficient (Wildman–Crippen LogP) is 4.50. The fraction of sp³-hybridized carbons (Fsp3) is 0.571. The van der Waals surface area contributed by atoms with Gasteiger partial charge in [0.15, 0.2) is 17.5 Å². The highest BCUT2D eigenvalue weighted by Gasteiger charge is 2.15. The summed E-state index contributed by atoms with van der Waals surface area (Å²) in [6, 6.07) is 1.71. The number of aliphatic hydroxyl groups excluding tert-OH is 1. The highest BCUT2D eigenvalue weighted by atomic mass is 19.2. The number of aliphatic hydroxyl groups is 1. The molecular formula is C14H19F3O. The lowest BCUT2D eigenvalue weighted by Gasteiger charge is -2.11. The van der Waals surface area contributed by atoms with E-state index in [0.29, 0.717) is 6.42 Å². The van der Waals surface area contributed by atoms with Crippen molar-refractivity contribution in [3.63, 3.8) is 0 Å². The van der Waals surface area contributed by atoms with Crippen LogP contribution in [0.2, 0.25) is 0 Å². The van der Waals surface area contributed by atoms with E-state index < -0.39 is 23.6 Å². The van der Waals surface area contributed by atoms with Gasteiger partial charge in [-0.15, -0.1) is 0 Å². The Bertz CT molecular complexity index is 356. The van der Waals surface area contributed by atoms with Gasteiger partial charge in [-0.25, -0.2) is 13.2 Å². The molecule has 0 saturated carbocycles. The highest BCUT2D eigenvalue weighted by molar-refractivity contribution is 5.21. The molecule has 0 fully saturated rings. The van der Waals surface area contributed by atoms with Crippen LogP contribution in [-0.2, 0) is 0 Å². The molecule has 0 radical (unpaired) electrons. The van der Waals surface area contributed by atoms with Crippen molar-refractivity contribution in [2.24, 2.45) is 0 Å². The average Bonchev–Trinajstić information content (AvgIpc) is 2.34. The molecule has 0 aromatic heterocycles. The summed E-state index contributed by atoms with van der Waals surface area (Å²) >= 11 is 0. The van der Waals surface area contributed by atoms with E-state index in [1.165, 1.54) is 0 Å². The molecule has 102 valence electrons. The molecule has 0 spiro atoms. The maximum atomic E-state index is 13.0. The fourth-order valence-electron chi connectivity index (χ4n) is 1.88. The second-order valence-corrected chi connectivity index (χ2v) is 4.52. The molecule has 0 bridgehead atoms. The smallest absolute Gasteiger partial charge is 0.194 e. The lowest BCUT2D eigenvalue weighted by molar-refractivity contribution is 0.162. The molecule has 1 unspecified atom stereocenters. The molecule has 1 aromatic carbocycles. The molecule has 0 aliphatic rings. The van der Waals surface area contributed by atoms with Crippen LogP contribution >= 0.6 is 0 Å². The van der Waals surface area contributed by atoms with E-state index in [4.69, 9.17) is 0 Å². The molecule has 0 aliphatic carbocycles. The molecule has 0 saturated heterocycles. The molecule has 1 N–H and O–H groups in total. The maximum Gasteiger partial charge on any atom is 0.194 e. The number of hydrogen-bond donors (Lipinski definition) is 1. The Kier molecular flexibility index (Phi) is 6.19. The molecule has 4 heteroatoms. The summed E-state index contributed by atoms with van der Waals surface area (Å²) in [5.41, 5.74) is 0.0990. The van der Waals surface area contributed by atoms with E-state index in [1.807, 2.05) is 0 Å². The minimum atomic E-state index is -1.49. The summed E-state index contributed by atoms with van der Waals surface area (Å²) in [5.74, 6) is -4.00. The van der Waals surface area contributed by atoms with Crippen molar-refractivity contribution < 1.29 is 18.3 Å². The molecular weight excluding hydrogens is 241 g/mol. The van der Waals surface area contributed by atoms with E-state index in [1.54, 1.807) is 0 Å². The van der Waals surface area contributed by atoms with Crippen LogP contribution < -0.4 is 0 Å². The van der Waals surface area contributed by atoms with Gasteiger partial charge in [0, 0.05) is 0 Å². The van der Waals surface area contributed by atoms with Gasteiger partial charge in [-0.3, -0.25) is 0 Å². The van der Waals surface area contributed by atoms with Gasteiger partial charge in [-0.1, -0.05) is 39.0 Å². The lowest BCUT2D eigenvalue weighted by atomic mass is 10.0. The van der Waals surface area contributed by atoms with E-state index in [-0.39, 0.29) is 5.56 Å². The first kappa shape index (κ1) is 15.0. The summed E-state index contributed by atoms with van der Waals surface area (Å²) < 4.78 is 38.7. The Hall–Kier alpha value is -1.03. The molecule has 0 aliphatic heterocycles. The number of rotatable bonds is 7. The van der Waals surface area contributed by atoms with Crippen molar-refractivity contribution >= 4 is 0 Å². The van der Waals surface area contributed by atoms with Gasteiger partial charge in [-0.2, -0.15) is 0 Å². The van der Waals surface area contributed by atoms with Gasteiger partial charge in [-0.05, 0) is 24.1 Å². The van der Waals surface area contributed by atoms with E-state index in [2.05, 4.69) is 6.92 Å². The quantitative estimate of drug-likeness (QED) is 0.565. The monoisotopic (exact) mass is 260 g/mol. The number of halogens is 3. The number of unbranched alkanes of at least 4 members (excludes halogenated alkanes) is 4. The third kappa shape index (κ3) is 4.33. The van der Waals surface area contributed by atoms with Crippen LogP contribution in [-0.4, -0.2) is 5.11 Å². The minimum Gasteiger partial charge on any atom is -0.388 e. The summed E-state index contributed by atoms with van der Waals surface area (Å²) in [7, 11) is 0. The van der Waals surface area contributed by atoms with Gasteiger partial charge in [0.25, 0.3) is 0 Å².